The van der Waals surface area contributed by atoms with Crippen molar-refractivity contribution in [2.75, 3.05) is 24.8 Å². The van der Waals surface area contributed by atoms with E-state index in [2.05, 4.69) is 0 Å². The van der Waals surface area contributed by atoms with Crippen LogP contribution in [0.1, 0.15) is 5.56 Å². The molecular formula is C14H16N2O4S. The molecule has 2 atom stereocenters. The second-order valence-corrected chi connectivity index (χ2v) is 6.31. The van der Waals surface area contributed by atoms with Gasteiger partial charge in [0.15, 0.2) is 4.87 Å². The van der Waals surface area contributed by atoms with Gasteiger partial charge in [-0.15, -0.1) is 11.8 Å². The zero-order chi connectivity index (χ0) is 15.4. The second-order valence-electron chi connectivity index (χ2n) is 5.22. The minimum atomic E-state index is -1.34. The number of aliphatic hydroxyl groups excluding tert-OH is 1. The highest BCUT2D eigenvalue weighted by Gasteiger charge is 2.57. The van der Waals surface area contributed by atoms with E-state index in [1.165, 1.54) is 22.9 Å². The van der Waals surface area contributed by atoms with Crippen LogP contribution in [0.5, 0.6) is 5.75 Å². The highest BCUT2D eigenvalue weighted by atomic mass is 32.2. The van der Waals surface area contributed by atoms with E-state index in [1.54, 1.807) is 18.4 Å². The first-order valence-corrected chi connectivity index (χ1v) is 7.78. The van der Waals surface area contributed by atoms with Gasteiger partial charge in [0.25, 0.3) is 5.91 Å². The first-order chi connectivity index (χ1) is 9.97. The first kappa shape index (κ1) is 14.2. The molecule has 2 heterocycles. The fourth-order valence-corrected chi connectivity index (χ4v) is 3.88. The van der Waals surface area contributed by atoms with Crippen LogP contribution in [0.15, 0.2) is 18.2 Å². The van der Waals surface area contributed by atoms with Gasteiger partial charge in [-0.2, -0.15) is 0 Å². The van der Waals surface area contributed by atoms with Crippen molar-refractivity contribution in [2.24, 2.45) is 0 Å². The van der Waals surface area contributed by atoms with Crippen molar-refractivity contribution in [1.29, 1.82) is 0 Å². The molecule has 0 spiro atoms. The lowest BCUT2D eigenvalue weighted by Gasteiger charge is -2.47. The van der Waals surface area contributed by atoms with Gasteiger partial charge >= 0.3 is 0 Å². The molecule has 0 radical (unpaired) electrons. The monoisotopic (exact) mass is 308 g/mol. The summed E-state index contributed by atoms with van der Waals surface area (Å²) >= 11 is 1.12. The number of likely N-dealkylation sites (N-methyl/N-ethyl adjacent to an activating group) is 1. The fourth-order valence-electron chi connectivity index (χ4n) is 3.11. The lowest BCUT2D eigenvalue weighted by molar-refractivity contribution is -0.147. The van der Waals surface area contributed by atoms with Crippen molar-refractivity contribution in [3.63, 3.8) is 0 Å². The third kappa shape index (κ3) is 1.64. The Hall–Kier alpha value is -1.73. The zero-order valence-corrected chi connectivity index (χ0v) is 12.6. The van der Waals surface area contributed by atoms with Crippen molar-refractivity contribution in [1.82, 2.24) is 4.90 Å². The summed E-state index contributed by atoms with van der Waals surface area (Å²) in [6.07, 6.45) is 2.06. The molecule has 1 aromatic rings. The minimum Gasteiger partial charge on any atom is -0.506 e. The number of aliphatic hydroxyl groups is 1. The van der Waals surface area contributed by atoms with E-state index in [4.69, 9.17) is 0 Å². The molecule has 2 amide bonds. The molecule has 0 aromatic heterocycles. The predicted molar refractivity (Wildman–Crippen MR) is 79.2 cm³/mol. The van der Waals surface area contributed by atoms with Gasteiger partial charge in [0.1, 0.15) is 11.8 Å². The highest BCUT2D eigenvalue weighted by molar-refractivity contribution is 8.00. The summed E-state index contributed by atoms with van der Waals surface area (Å²) in [5.74, 6) is -0.618. The van der Waals surface area contributed by atoms with Gasteiger partial charge in [0, 0.05) is 13.5 Å². The van der Waals surface area contributed by atoms with Crippen LogP contribution in [0, 0.1) is 0 Å². The predicted octanol–water partition coefficient (Wildman–Crippen LogP) is 0.173. The number of benzene rings is 1. The Morgan fingerprint density at radius 1 is 1.43 bits per heavy atom. The molecule has 1 aromatic carbocycles. The molecule has 0 unspecified atom stereocenters. The number of phenols is 1. The summed E-state index contributed by atoms with van der Waals surface area (Å²) in [5.41, 5.74) is 1.16. The smallest absolute Gasteiger partial charge is 0.266 e. The number of hydrogen-bond donors (Lipinski definition) is 2. The number of carbonyl (C=O) groups excluding carboxylic acids is 2. The second kappa shape index (κ2) is 4.64. The molecule has 3 rings (SSSR count). The van der Waals surface area contributed by atoms with E-state index >= 15 is 0 Å². The van der Waals surface area contributed by atoms with Gasteiger partial charge in [0.05, 0.1) is 12.3 Å². The van der Waals surface area contributed by atoms with E-state index in [1.807, 2.05) is 0 Å². The molecule has 2 N–H and O–H groups in total. The summed E-state index contributed by atoms with van der Waals surface area (Å²) in [4.78, 5) is 26.8. The minimum absolute atomic E-state index is 0.0198. The van der Waals surface area contributed by atoms with Gasteiger partial charge < -0.3 is 15.1 Å². The number of anilines is 1. The van der Waals surface area contributed by atoms with Crippen LogP contribution in [-0.2, 0) is 16.0 Å². The Labute approximate surface area is 126 Å². The SMILES string of the molecule is CS[C@]1(CO)C(=O)N2c3c(O)cccc3C[C@H]2C(=O)N1C. The number of para-hydroxylation sites is 1. The van der Waals surface area contributed by atoms with Crippen molar-refractivity contribution in [2.45, 2.75) is 17.3 Å². The van der Waals surface area contributed by atoms with Crippen molar-refractivity contribution < 1.29 is 19.8 Å². The summed E-state index contributed by atoms with van der Waals surface area (Å²) in [6.45, 7) is -0.471. The molecule has 0 aliphatic carbocycles. The number of fused-ring (bicyclic) bond motifs is 3. The summed E-state index contributed by atoms with van der Waals surface area (Å²) in [6, 6.07) is 4.35. The molecule has 6 nitrogen and oxygen atoms in total. The third-order valence-electron chi connectivity index (χ3n) is 4.33. The van der Waals surface area contributed by atoms with E-state index in [9.17, 15) is 19.8 Å². The van der Waals surface area contributed by atoms with Crippen LogP contribution in [-0.4, -0.2) is 57.8 Å². The number of rotatable bonds is 2. The molecule has 2 aliphatic rings. The number of amides is 2. The number of hydrogen-bond acceptors (Lipinski definition) is 5. The van der Waals surface area contributed by atoms with Crippen LogP contribution in [0.3, 0.4) is 0 Å². The number of aromatic hydroxyl groups is 1. The third-order valence-corrected chi connectivity index (χ3v) is 5.58. The van der Waals surface area contributed by atoms with Gasteiger partial charge in [-0.1, -0.05) is 12.1 Å². The van der Waals surface area contributed by atoms with Crippen molar-refractivity contribution >= 4 is 29.3 Å². The van der Waals surface area contributed by atoms with E-state index in [-0.39, 0.29) is 17.6 Å². The normalized spacial score (nSPS) is 27.9. The first-order valence-electron chi connectivity index (χ1n) is 6.56. The molecule has 112 valence electrons. The Morgan fingerprint density at radius 3 is 2.76 bits per heavy atom. The number of nitrogens with zero attached hydrogens (tertiary/aromatic N) is 2. The molecule has 1 saturated heterocycles. The van der Waals surface area contributed by atoms with Crippen LogP contribution >= 0.6 is 11.8 Å². The summed E-state index contributed by atoms with van der Waals surface area (Å²) < 4.78 is 0. The number of thioether (sulfide) groups is 1. The van der Waals surface area contributed by atoms with E-state index < -0.39 is 17.5 Å². The summed E-state index contributed by atoms with van der Waals surface area (Å²) in [5, 5.41) is 19.8. The molecule has 0 bridgehead atoms. The average Bonchev–Trinajstić information content (AvgIpc) is 2.88. The van der Waals surface area contributed by atoms with Gasteiger partial charge in [0.2, 0.25) is 5.91 Å². The van der Waals surface area contributed by atoms with Gasteiger partial charge in [-0.25, -0.2) is 0 Å². The molecule has 7 heteroatoms. The molecule has 1 fully saturated rings. The maximum absolute atomic E-state index is 12.9. The Morgan fingerprint density at radius 2 is 2.14 bits per heavy atom. The topological polar surface area (TPSA) is 81.1 Å². The number of carbonyl (C=O) groups is 2. The quantitative estimate of drug-likeness (QED) is 0.814. The van der Waals surface area contributed by atoms with Crippen molar-refractivity contribution in [3.05, 3.63) is 23.8 Å². The lowest BCUT2D eigenvalue weighted by Crippen LogP contribution is -2.70. The average molecular weight is 308 g/mol. The lowest BCUT2D eigenvalue weighted by atomic mass is 10.0. The fraction of sp³-hybridized carbons (Fsp3) is 0.429. The number of phenolic OH excluding ortho intramolecular Hbond substituents is 1. The van der Waals surface area contributed by atoms with Gasteiger partial charge in [-0.3, -0.25) is 14.5 Å². The largest absolute Gasteiger partial charge is 0.506 e. The standard InChI is InChI=1S/C14H16N2O4S/c1-15-12(19)9-6-8-4-3-5-10(18)11(8)16(9)13(20)14(15,7-17)21-2/h3-5,9,17-18H,6-7H2,1-2H3/t9-,14+/m0/s1. The van der Waals surface area contributed by atoms with Crippen LogP contribution < -0.4 is 4.90 Å². The van der Waals surface area contributed by atoms with Crippen molar-refractivity contribution in [3.8, 4) is 5.75 Å². The van der Waals surface area contributed by atoms with Crippen LogP contribution in [0.2, 0.25) is 0 Å². The maximum Gasteiger partial charge on any atom is 0.266 e. The number of piperazine rings is 1. The van der Waals surface area contributed by atoms with Crippen LogP contribution in [0.25, 0.3) is 0 Å². The maximum atomic E-state index is 12.9. The zero-order valence-electron chi connectivity index (χ0n) is 11.7. The molecule has 2 aliphatic heterocycles. The van der Waals surface area contributed by atoms with E-state index in [0.717, 1.165) is 17.3 Å². The Kier molecular flexibility index (Phi) is 3.14. The Bertz CT molecular complexity index is 629. The molecule has 21 heavy (non-hydrogen) atoms. The van der Waals surface area contributed by atoms with Crippen LogP contribution in [0.4, 0.5) is 5.69 Å². The highest BCUT2D eigenvalue weighted by Crippen LogP contribution is 2.46. The molecule has 0 saturated carbocycles. The van der Waals surface area contributed by atoms with E-state index in [0.29, 0.717) is 12.1 Å². The summed E-state index contributed by atoms with van der Waals surface area (Å²) in [7, 11) is 1.53. The van der Waals surface area contributed by atoms with Gasteiger partial charge in [-0.05, 0) is 17.9 Å². The molecular weight excluding hydrogens is 292 g/mol. The Balaban J connectivity index is 2.17.